The predicted octanol–water partition coefficient (Wildman–Crippen LogP) is 3.03. The van der Waals surface area contributed by atoms with E-state index in [1.165, 1.54) is 0 Å². The Morgan fingerprint density at radius 3 is 1.74 bits per heavy atom. The summed E-state index contributed by atoms with van der Waals surface area (Å²) in [4.78, 5) is 1.97. The number of nitrogens with zero attached hydrogens (tertiary/aromatic N) is 1. The zero-order valence-corrected chi connectivity index (χ0v) is 11.2. The number of benzene rings is 2. The molecule has 0 aliphatic rings. The molecular formula is C16H19NO2. The fraction of sp³-hybridized carbons (Fsp3) is 0.250. The molecule has 0 amide bonds. The summed E-state index contributed by atoms with van der Waals surface area (Å²) in [5.41, 5.74) is 0. The van der Waals surface area contributed by atoms with Crippen LogP contribution in [0.4, 0.5) is 0 Å². The van der Waals surface area contributed by atoms with Crippen LogP contribution in [0.5, 0.6) is 11.5 Å². The SMILES string of the molecule is [2H]c1ccc(OC(CN(C)C)Oc2ccc([2H])cc2)cc1. The standard InChI is InChI=1S/C16H19NO2/c1-17(2)13-16(18-14-9-5-3-6-10-14)19-15-11-7-4-8-12-15/h3-12,16H,13H2,1-2H3/i3D,4D. The molecule has 2 rings (SSSR count). The second-order valence-electron chi connectivity index (χ2n) is 4.40. The van der Waals surface area contributed by atoms with Crippen LogP contribution in [0.3, 0.4) is 0 Å². The summed E-state index contributed by atoms with van der Waals surface area (Å²) in [6, 6.07) is 14.6. The molecule has 0 saturated heterocycles. The van der Waals surface area contributed by atoms with Crippen LogP contribution >= 0.6 is 0 Å². The maximum Gasteiger partial charge on any atom is 0.253 e. The number of rotatable bonds is 6. The molecule has 3 heteroatoms. The Hall–Kier alpha value is -2.00. The Balaban J connectivity index is 2.06. The smallest absolute Gasteiger partial charge is 0.253 e. The second kappa shape index (κ2) is 6.81. The molecule has 0 aliphatic carbocycles. The number of likely N-dealkylation sites (N-methyl/N-ethyl adjacent to an activating group) is 1. The summed E-state index contributed by atoms with van der Waals surface area (Å²) < 4.78 is 26.6. The molecule has 2 aromatic rings. The lowest BCUT2D eigenvalue weighted by Crippen LogP contribution is -2.35. The van der Waals surface area contributed by atoms with E-state index >= 15 is 0 Å². The summed E-state index contributed by atoms with van der Waals surface area (Å²) >= 11 is 0. The van der Waals surface area contributed by atoms with Gasteiger partial charge in [-0.3, -0.25) is 0 Å². The lowest BCUT2D eigenvalue weighted by molar-refractivity contribution is -0.0116. The molecule has 19 heavy (non-hydrogen) atoms. The van der Waals surface area contributed by atoms with Crippen LogP contribution in [0, 0.1) is 0 Å². The summed E-state index contributed by atoms with van der Waals surface area (Å²) in [6.07, 6.45) is -0.465. The third-order valence-electron chi connectivity index (χ3n) is 2.42. The van der Waals surface area contributed by atoms with Crippen molar-refractivity contribution in [2.45, 2.75) is 6.29 Å². The Morgan fingerprint density at radius 1 is 0.947 bits per heavy atom. The van der Waals surface area contributed by atoms with Crippen LogP contribution < -0.4 is 9.47 Å². The van der Waals surface area contributed by atoms with Gasteiger partial charge in [0.1, 0.15) is 11.5 Å². The first-order chi connectivity index (χ1) is 10.0. The Morgan fingerprint density at radius 2 is 1.37 bits per heavy atom. The first-order valence-corrected chi connectivity index (χ1v) is 6.14. The van der Waals surface area contributed by atoms with Gasteiger partial charge in [-0.1, -0.05) is 36.4 Å². The van der Waals surface area contributed by atoms with Crippen LogP contribution in [0.2, 0.25) is 0 Å². The molecule has 3 nitrogen and oxygen atoms in total. The first kappa shape index (κ1) is 10.9. The molecule has 2 aromatic carbocycles. The molecule has 0 heterocycles. The lowest BCUT2D eigenvalue weighted by Gasteiger charge is -2.23. The van der Waals surface area contributed by atoms with Gasteiger partial charge in [0.2, 0.25) is 0 Å². The zero-order chi connectivity index (χ0) is 15.2. The molecule has 100 valence electrons. The van der Waals surface area contributed by atoms with Gasteiger partial charge in [0.15, 0.2) is 0 Å². The summed E-state index contributed by atoms with van der Waals surface area (Å²) in [5.74, 6) is 1.32. The maximum absolute atomic E-state index is 7.47. The largest absolute Gasteiger partial charge is 0.454 e. The maximum atomic E-state index is 7.47. The van der Waals surface area contributed by atoms with Crippen molar-refractivity contribution >= 4 is 0 Å². The fourth-order valence-electron chi connectivity index (χ4n) is 1.60. The molecule has 0 atom stereocenters. The average molecular weight is 259 g/mol. The van der Waals surface area contributed by atoms with E-state index < -0.39 is 6.29 Å². The highest BCUT2D eigenvalue weighted by atomic mass is 16.7. The van der Waals surface area contributed by atoms with Crippen molar-refractivity contribution in [2.24, 2.45) is 0 Å². The van der Waals surface area contributed by atoms with Crippen molar-refractivity contribution in [3.8, 4) is 11.5 Å². The van der Waals surface area contributed by atoms with Crippen molar-refractivity contribution in [3.05, 3.63) is 60.6 Å². The molecule has 0 radical (unpaired) electrons. The molecule has 0 N–H and O–H groups in total. The monoisotopic (exact) mass is 259 g/mol. The minimum absolute atomic E-state index is 0.443. The van der Waals surface area contributed by atoms with Gasteiger partial charge >= 0.3 is 0 Å². The number of hydrogen-bond donors (Lipinski definition) is 0. The van der Waals surface area contributed by atoms with Crippen LogP contribution in [-0.2, 0) is 0 Å². The first-order valence-electron chi connectivity index (χ1n) is 7.14. The summed E-state index contributed by atoms with van der Waals surface area (Å²) in [6.45, 7) is 0.589. The number of para-hydroxylation sites is 2. The molecule has 0 spiro atoms. The highest BCUT2D eigenvalue weighted by Gasteiger charge is 2.13. The minimum Gasteiger partial charge on any atom is -0.454 e. The molecule has 0 unspecified atom stereocenters. The normalized spacial score (nSPS) is 12.2. The van der Waals surface area contributed by atoms with Gasteiger partial charge in [-0.15, -0.1) is 0 Å². The second-order valence-corrected chi connectivity index (χ2v) is 4.40. The van der Waals surface area contributed by atoms with Crippen molar-refractivity contribution in [1.82, 2.24) is 4.90 Å². The van der Waals surface area contributed by atoms with E-state index in [0.717, 1.165) is 0 Å². The Bertz CT molecular complexity index is 508. The topological polar surface area (TPSA) is 21.7 Å². The molecule has 0 fully saturated rings. The van der Waals surface area contributed by atoms with Crippen molar-refractivity contribution in [2.75, 3.05) is 20.6 Å². The quantitative estimate of drug-likeness (QED) is 0.744. The van der Waals surface area contributed by atoms with E-state index in [2.05, 4.69) is 0 Å². The molecule has 0 saturated carbocycles. The van der Waals surface area contributed by atoms with E-state index in [0.29, 0.717) is 30.1 Å². The van der Waals surface area contributed by atoms with Gasteiger partial charge in [0.25, 0.3) is 6.29 Å². The Labute approximate surface area is 117 Å². The molecule has 0 aromatic heterocycles. The van der Waals surface area contributed by atoms with Gasteiger partial charge in [-0.2, -0.15) is 0 Å². The molecule has 0 bridgehead atoms. The van der Waals surface area contributed by atoms with Gasteiger partial charge < -0.3 is 14.4 Å². The average Bonchev–Trinajstić information content (AvgIpc) is 2.43. The lowest BCUT2D eigenvalue weighted by atomic mass is 10.3. The number of ether oxygens (including phenoxy) is 2. The third kappa shape index (κ3) is 4.64. The fourth-order valence-corrected chi connectivity index (χ4v) is 1.60. The zero-order valence-electron chi connectivity index (χ0n) is 13.2. The van der Waals surface area contributed by atoms with E-state index in [9.17, 15) is 0 Å². The minimum atomic E-state index is -0.465. The highest BCUT2D eigenvalue weighted by Crippen LogP contribution is 2.16. The van der Waals surface area contributed by atoms with E-state index in [4.69, 9.17) is 12.2 Å². The van der Waals surface area contributed by atoms with Crippen LogP contribution in [-0.4, -0.2) is 31.8 Å². The van der Waals surface area contributed by atoms with Crippen molar-refractivity contribution < 1.29 is 12.2 Å². The van der Waals surface area contributed by atoms with Gasteiger partial charge in [-0.25, -0.2) is 0 Å². The van der Waals surface area contributed by atoms with Gasteiger partial charge in [0.05, 0.1) is 9.29 Å². The van der Waals surface area contributed by atoms with E-state index in [1.54, 1.807) is 48.5 Å². The van der Waals surface area contributed by atoms with E-state index in [-0.39, 0.29) is 0 Å². The molecular weight excluding hydrogens is 238 g/mol. The molecule has 0 aliphatic heterocycles. The van der Waals surface area contributed by atoms with Crippen LogP contribution in [0.25, 0.3) is 0 Å². The van der Waals surface area contributed by atoms with Crippen molar-refractivity contribution in [3.63, 3.8) is 0 Å². The van der Waals surface area contributed by atoms with Gasteiger partial charge in [-0.05, 0) is 38.4 Å². The predicted molar refractivity (Wildman–Crippen MR) is 76.5 cm³/mol. The highest BCUT2D eigenvalue weighted by molar-refractivity contribution is 5.23. The van der Waals surface area contributed by atoms with Crippen molar-refractivity contribution in [1.29, 1.82) is 0 Å². The van der Waals surface area contributed by atoms with Gasteiger partial charge in [0, 0.05) is 0 Å². The number of hydrogen-bond acceptors (Lipinski definition) is 3. The van der Waals surface area contributed by atoms with Crippen LogP contribution in [0.1, 0.15) is 2.74 Å². The van der Waals surface area contributed by atoms with E-state index in [1.807, 2.05) is 19.0 Å². The summed E-state index contributed by atoms with van der Waals surface area (Å²) in [5, 5.41) is 0. The van der Waals surface area contributed by atoms with Crippen LogP contribution in [0.15, 0.2) is 60.6 Å². The Kier molecular flexibility index (Phi) is 3.90. The third-order valence-corrected chi connectivity index (χ3v) is 2.42. The summed E-state index contributed by atoms with van der Waals surface area (Å²) in [7, 11) is 3.89.